The smallest absolute Gasteiger partial charge is 0.282 e. The van der Waals surface area contributed by atoms with Gasteiger partial charge >= 0.3 is 0 Å². The van der Waals surface area contributed by atoms with E-state index in [1.807, 2.05) is 78.6 Å². The zero-order valence-electron chi connectivity index (χ0n) is 18.7. The quantitative estimate of drug-likeness (QED) is 0.496. The van der Waals surface area contributed by atoms with Gasteiger partial charge in [-0.05, 0) is 48.6 Å². The number of amides is 2. The highest BCUT2D eigenvalue weighted by molar-refractivity contribution is 6.46. The summed E-state index contributed by atoms with van der Waals surface area (Å²) in [5, 5.41) is 0. The third-order valence-corrected chi connectivity index (χ3v) is 6.07. The van der Waals surface area contributed by atoms with E-state index >= 15 is 0 Å². The van der Waals surface area contributed by atoms with Crippen molar-refractivity contribution in [3.8, 4) is 5.75 Å². The summed E-state index contributed by atoms with van der Waals surface area (Å²) in [6.45, 7) is 3.22. The fourth-order valence-corrected chi connectivity index (χ4v) is 4.59. The lowest BCUT2D eigenvalue weighted by atomic mass is 9.98. The molecule has 2 heterocycles. The number of fused-ring (bicyclic) bond motifs is 1. The minimum Gasteiger partial charge on any atom is -0.491 e. The van der Waals surface area contributed by atoms with Gasteiger partial charge < -0.3 is 9.64 Å². The largest absolute Gasteiger partial charge is 0.491 e. The SMILES string of the molecule is CCCOc1ccccc1N1C(=O)C(c2ccccc2)=C(N2CCCc3ccccc32)C1=O. The number of para-hydroxylation sites is 3. The van der Waals surface area contributed by atoms with Crippen molar-refractivity contribution in [2.24, 2.45) is 0 Å². The molecule has 5 heteroatoms. The number of hydrogen-bond donors (Lipinski definition) is 0. The molecule has 0 unspecified atom stereocenters. The van der Waals surface area contributed by atoms with Gasteiger partial charge in [0, 0.05) is 12.2 Å². The van der Waals surface area contributed by atoms with Crippen LogP contribution in [-0.2, 0) is 16.0 Å². The predicted octanol–water partition coefficient (Wildman–Crippen LogP) is 5.21. The molecule has 0 fully saturated rings. The maximum absolute atomic E-state index is 14.0. The number of anilines is 2. The molecule has 0 bridgehead atoms. The van der Waals surface area contributed by atoms with Gasteiger partial charge in [0.2, 0.25) is 0 Å². The molecule has 0 N–H and O–H groups in total. The molecule has 0 spiro atoms. The number of nitrogens with zero attached hydrogens (tertiary/aromatic N) is 2. The molecular weight excluding hydrogens is 412 g/mol. The van der Waals surface area contributed by atoms with Gasteiger partial charge in [-0.1, -0.05) is 67.6 Å². The summed E-state index contributed by atoms with van der Waals surface area (Å²) >= 11 is 0. The Morgan fingerprint density at radius 2 is 1.52 bits per heavy atom. The number of carbonyl (C=O) groups is 2. The molecule has 0 saturated carbocycles. The molecule has 0 radical (unpaired) electrons. The van der Waals surface area contributed by atoms with E-state index in [0.717, 1.165) is 30.5 Å². The Balaban J connectivity index is 1.66. The number of carbonyl (C=O) groups excluding carboxylic acids is 2. The summed E-state index contributed by atoms with van der Waals surface area (Å²) in [7, 11) is 0. The van der Waals surface area contributed by atoms with Crippen LogP contribution in [0, 0.1) is 0 Å². The number of rotatable bonds is 6. The Bertz CT molecular complexity index is 1230. The van der Waals surface area contributed by atoms with E-state index in [1.165, 1.54) is 10.5 Å². The summed E-state index contributed by atoms with van der Waals surface area (Å²) in [5.41, 5.74) is 4.27. The lowest BCUT2D eigenvalue weighted by Crippen LogP contribution is -2.37. The maximum Gasteiger partial charge on any atom is 0.282 e. The highest BCUT2D eigenvalue weighted by atomic mass is 16.5. The lowest BCUT2D eigenvalue weighted by Gasteiger charge is -2.32. The van der Waals surface area contributed by atoms with Crippen molar-refractivity contribution in [3.63, 3.8) is 0 Å². The summed E-state index contributed by atoms with van der Waals surface area (Å²) in [4.78, 5) is 31.2. The number of imide groups is 1. The lowest BCUT2D eigenvalue weighted by molar-refractivity contribution is -0.120. The van der Waals surface area contributed by atoms with Crippen LogP contribution in [0.3, 0.4) is 0 Å². The second kappa shape index (κ2) is 8.94. The third kappa shape index (κ3) is 3.69. The van der Waals surface area contributed by atoms with Crippen LogP contribution in [0.2, 0.25) is 0 Å². The van der Waals surface area contributed by atoms with Crippen LogP contribution in [0.5, 0.6) is 5.75 Å². The van der Waals surface area contributed by atoms with Crippen LogP contribution in [-0.4, -0.2) is 25.0 Å². The number of aryl methyl sites for hydroxylation is 1. The Morgan fingerprint density at radius 3 is 2.30 bits per heavy atom. The summed E-state index contributed by atoms with van der Waals surface area (Å²) in [6.07, 6.45) is 2.71. The van der Waals surface area contributed by atoms with Crippen molar-refractivity contribution >= 4 is 28.8 Å². The van der Waals surface area contributed by atoms with Gasteiger partial charge in [-0.3, -0.25) is 9.59 Å². The van der Waals surface area contributed by atoms with Gasteiger partial charge in [0.25, 0.3) is 11.8 Å². The summed E-state index contributed by atoms with van der Waals surface area (Å²) < 4.78 is 5.90. The fraction of sp³-hybridized carbons (Fsp3) is 0.214. The first-order chi connectivity index (χ1) is 16.2. The monoisotopic (exact) mass is 438 g/mol. The van der Waals surface area contributed by atoms with Gasteiger partial charge in [-0.15, -0.1) is 0 Å². The summed E-state index contributed by atoms with van der Waals surface area (Å²) in [5.74, 6) is -0.103. The highest BCUT2D eigenvalue weighted by Gasteiger charge is 2.44. The number of hydrogen-bond acceptors (Lipinski definition) is 4. The zero-order valence-corrected chi connectivity index (χ0v) is 18.7. The fourth-order valence-electron chi connectivity index (χ4n) is 4.59. The molecule has 3 aromatic carbocycles. The molecular formula is C28H26N2O3. The van der Waals surface area contributed by atoms with E-state index in [1.54, 1.807) is 6.07 Å². The molecule has 0 saturated heterocycles. The highest BCUT2D eigenvalue weighted by Crippen LogP contribution is 2.41. The topological polar surface area (TPSA) is 49.9 Å². The van der Waals surface area contributed by atoms with Crippen molar-refractivity contribution in [2.75, 3.05) is 23.0 Å². The second-order valence-electron chi connectivity index (χ2n) is 8.24. The number of benzene rings is 3. The molecule has 166 valence electrons. The Morgan fingerprint density at radius 1 is 0.818 bits per heavy atom. The van der Waals surface area contributed by atoms with E-state index in [2.05, 4.69) is 6.07 Å². The van der Waals surface area contributed by atoms with Gasteiger partial charge in [-0.2, -0.15) is 0 Å². The van der Waals surface area contributed by atoms with Crippen LogP contribution in [0.1, 0.15) is 30.9 Å². The van der Waals surface area contributed by atoms with Crippen molar-refractivity contribution in [2.45, 2.75) is 26.2 Å². The molecule has 5 rings (SSSR count). The normalized spacial score (nSPS) is 15.8. The van der Waals surface area contributed by atoms with Crippen LogP contribution in [0.25, 0.3) is 5.57 Å². The first-order valence-electron chi connectivity index (χ1n) is 11.5. The average molecular weight is 439 g/mol. The predicted molar refractivity (Wildman–Crippen MR) is 130 cm³/mol. The van der Waals surface area contributed by atoms with Gasteiger partial charge in [-0.25, -0.2) is 4.90 Å². The Kier molecular flexibility index (Phi) is 5.69. The molecule has 0 aliphatic carbocycles. The molecule has 5 nitrogen and oxygen atoms in total. The molecule has 2 aliphatic rings. The zero-order chi connectivity index (χ0) is 22.8. The van der Waals surface area contributed by atoms with Crippen LogP contribution >= 0.6 is 0 Å². The van der Waals surface area contributed by atoms with Crippen LogP contribution in [0.4, 0.5) is 11.4 Å². The Hall–Kier alpha value is -3.86. The van der Waals surface area contributed by atoms with Crippen LogP contribution < -0.4 is 14.5 Å². The van der Waals surface area contributed by atoms with Gasteiger partial charge in [0.1, 0.15) is 11.4 Å². The van der Waals surface area contributed by atoms with Crippen molar-refractivity contribution in [1.29, 1.82) is 0 Å². The van der Waals surface area contributed by atoms with Crippen molar-refractivity contribution < 1.29 is 14.3 Å². The van der Waals surface area contributed by atoms with E-state index < -0.39 is 0 Å². The first kappa shape index (κ1) is 21.0. The minimum atomic E-state index is -0.322. The van der Waals surface area contributed by atoms with Crippen LogP contribution in [0.15, 0.2) is 84.6 Å². The van der Waals surface area contributed by atoms with Crippen molar-refractivity contribution in [3.05, 3.63) is 95.7 Å². The van der Waals surface area contributed by atoms with Gasteiger partial charge in [0.15, 0.2) is 0 Å². The Labute approximate surface area is 193 Å². The molecule has 0 atom stereocenters. The first-order valence-corrected chi connectivity index (χ1v) is 11.5. The third-order valence-electron chi connectivity index (χ3n) is 6.07. The van der Waals surface area contributed by atoms with E-state index in [9.17, 15) is 9.59 Å². The summed E-state index contributed by atoms with van der Waals surface area (Å²) in [6, 6.07) is 24.9. The molecule has 2 aliphatic heterocycles. The van der Waals surface area contributed by atoms with Crippen molar-refractivity contribution in [1.82, 2.24) is 0 Å². The number of ether oxygens (including phenoxy) is 1. The van der Waals surface area contributed by atoms with E-state index in [0.29, 0.717) is 35.9 Å². The maximum atomic E-state index is 14.0. The van der Waals surface area contributed by atoms with E-state index in [-0.39, 0.29) is 11.8 Å². The standard InChI is InChI=1S/C28H26N2O3/c1-2-19-33-24-17-9-8-16-23(24)30-27(31)25(21-12-4-3-5-13-21)26(28(30)32)29-18-10-14-20-11-6-7-15-22(20)29/h3-9,11-13,15-17H,2,10,14,18-19H2,1H3. The second-order valence-corrected chi connectivity index (χ2v) is 8.24. The molecule has 33 heavy (non-hydrogen) atoms. The molecule has 3 aromatic rings. The average Bonchev–Trinajstić information content (AvgIpc) is 3.12. The molecule has 2 amide bonds. The van der Waals surface area contributed by atoms with Gasteiger partial charge in [0.05, 0.1) is 17.9 Å². The molecule has 0 aromatic heterocycles. The van der Waals surface area contributed by atoms with E-state index in [4.69, 9.17) is 4.74 Å². The minimum absolute atomic E-state index is 0.317.